The first kappa shape index (κ1) is 12.8. The Labute approximate surface area is 124 Å². The van der Waals surface area contributed by atoms with Gasteiger partial charge < -0.3 is 9.88 Å². The summed E-state index contributed by atoms with van der Waals surface area (Å²) in [7, 11) is 0. The highest BCUT2D eigenvalue weighted by molar-refractivity contribution is 6.12. The van der Waals surface area contributed by atoms with Crippen molar-refractivity contribution in [2.45, 2.75) is 38.4 Å². The zero-order valence-corrected chi connectivity index (χ0v) is 12.1. The largest absolute Gasteiger partial charge is 0.342 e. The average Bonchev–Trinajstić information content (AvgIpc) is 3.31. The van der Waals surface area contributed by atoms with E-state index in [9.17, 15) is 0 Å². The summed E-state index contributed by atoms with van der Waals surface area (Å²) < 4.78 is 2.43. The molecule has 21 heavy (non-hydrogen) atoms. The number of pyridine rings is 1. The summed E-state index contributed by atoms with van der Waals surface area (Å²) in [5.74, 6) is 0. The Kier molecular flexibility index (Phi) is 3.31. The van der Waals surface area contributed by atoms with Gasteiger partial charge in [0.2, 0.25) is 0 Å². The number of hydrogen-bond donors (Lipinski definition) is 1. The number of nitrogens with one attached hydrogen (secondary N) is 1. The molecule has 2 aliphatic rings. The van der Waals surface area contributed by atoms with Crippen molar-refractivity contribution in [2.75, 3.05) is 6.54 Å². The average molecular weight is 280 g/mol. The lowest BCUT2D eigenvalue weighted by Crippen LogP contribution is -2.19. The maximum Gasteiger partial charge on any atom is 0.0884 e. The van der Waals surface area contributed by atoms with Crippen LogP contribution in [0.5, 0.6) is 0 Å². The minimum Gasteiger partial charge on any atom is -0.342 e. The standard InChI is InChI=1S/C17H20N4/c1-8-19-17(13-6-9-18-10-7-13)16-5-4-15(21(16)11-1)12-20-14-2-3-14/h4-7,9-10,14,20H,1-3,8,11-12H2. The van der Waals surface area contributed by atoms with Gasteiger partial charge in [-0.25, -0.2) is 0 Å². The predicted octanol–water partition coefficient (Wildman–Crippen LogP) is 2.38. The van der Waals surface area contributed by atoms with Gasteiger partial charge in [-0.3, -0.25) is 9.98 Å². The minimum atomic E-state index is 0.746. The third kappa shape index (κ3) is 2.63. The van der Waals surface area contributed by atoms with Gasteiger partial charge >= 0.3 is 0 Å². The van der Waals surface area contributed by atoms with Crippen LogP contribution in [0.1, 0.15) is 36.2 Å². The summed E-state index contributed by atoms with van der Waals surface area (Å²) >= 11 is 0. The molecule has 3 heterocycles. The molecule has 108 valence electrons. The Bertz CT molecular complexity index is 653. The summed E-state index contributed by atoms with van der Waals surface area (Å²) in [5, 5.41) is 3.61. The quantitative estimate of drug-likeness (QED) is 0.934. The lowest BCUT2D eigenvalue weighted by Gasteiger charge is -2.12. The fraction of sp³-hybridized carbons (Fsp3) is 0.412. The summed E-state index contributed by atoms with van der Waals surface area (Å²) in [4.78, 5) is 8.91. The van der Waals surface area contributed by atoms with Crippen molar-refractivity contribution >= 4 is 5.71 Å². The van der Waals surface area contributed by atoms with E-state index in [1.54, 1.807) is 0 Å². The molecule has 0 radical (unpaired) electrons. The van der Waals surface area contributed by atoms with Gasteiger partial charge in [-0.05, 0) is 43.5 Å². The smallest absolute Gasteiger partial charge is 0.0884 e. The van der Waals surface area contributed by atoms with E-state index in [1.807, 2.05) is 24.5 Å². The van der Waals surface area contributed by atoms with Gasteiger partial charge in [0.05, 0.1) is 11.4 Å². The highest BCUT2D eigenvalue weighted by atomic mass is 15.1. The van der Waals surface area contributed by atoms with Crippen molar-refractivity contribution < 1.29 is 0 Å². The molecule has 0 bridgehead atoms. The summed E-state index contributed by atoms with van der Waals surface area (Å²) in [5.41, 5.74) is 4.88. The van der Waals surface area contributed by atoms with Gasteiger partial charge in [0.25, 0.3) is 0 Å². The molecule has 1 N–H and O–H groups in total. The van der Waals surface area contributed by atoms with Gasteiger partial charge in [-0.15, -0.1) is 0 Å². The topological polar surface area (TPSA) is 42.2 Å². The van der Waals surface area contributed by atoms with Crippen molar-refractivity contribution in [3.8, 4) is 0 Å². The normalized spacial score (nSPS) is 18.0. The number of nitrogens with zero attached hydrogens (tertiary/aromatic N) is 3. The number of rotatable bonds is 4. The number of hydrogen-bond acceptors (Lipinski definition) is 3. The molecule has 2 aromatic heterocycles. The van der Waals surface area contributed by atoms with Gasteiger partial charge in [-0.1, -0.05) is 0 Å². The van der Waals surface area contributed by atoms with E-state index in [4.69, 9.17) is 4.99 Å². The van der Waals surface area contributed by atoms with Gasteiger partial charge in [0.15, 0.2) is 0 Å². The molecular weight excluding hydrogens is 260 g/mol. The second-order valence-electron chi connectivity index (χ2n) is 5.84. The van der Waals surface area contributed by atoms with Gasteiger partial charge in [0, 0.05) is 49.3 Å². The van der Waals surface area contributed by atoms with Crippen LogP contribution >= 0.6 is 0 Å². The van der Waals surface area contributed by atoms with Crippen molar-refractivity contribution in [1.82, 2.24) is 14.9 Å². The van der Waals surface area contributed by atoms with Crippen LogP contribution in [-0.4, -0.2) is 27.8 Å². The zero-order chi connectivity index (χ0) is 14.1. The first-order chi connectivity index (χ1) is 10.4. The third-order valence-electron chi connectivity index (χ3n) is 4.23. The Morgan fingerprint density at radius 2 is 2.00 bits per heavy atom. The van der Waals surface area contributed by atoms with Crippen LogP contribution in [0.25, 0.3) is 0 Å². The lowest BCUT2D eigenvalue weighted by molar-refractivity contribution is 0.593. The molecule has 1 saturated carbocycles. The molecule has 1 aliphatic heterocycles. The molecule has 0 unspecified atom stereocenters. The maximum absolute atomic E-state index is 4.80. The molecular formula is C17H20N4. The van der Waals surface area contributed by atoms with Crippen LogP contribution in [0.2, 0.25) is 0 Å². The van der Waals surface area contributed by atoms with Crippen LogP contribution in [0, 0.1) is 0 Å². The fourth-order valence-corrected chi connectivity index (χ4v) is 2.92. The van der Waals surface area contributed by atoms with E-state index < -0.39 is 0 Å². The lowest BCUT2D eigenvalue weighted by atomic mass is 10.1. The van der Waals surface area contributed by atoms with E-state index in [0.717, 1.165) is 43.4 Å². The van der Waals surface area contributed by atoms with E-state index in [-0.39, 0.29) is 0 Å². The van der Waals surface area contributed by atoms with Crippen LogP contribution in [0.15, 0.2) is 41.7 Å². The van der Waals surface area contributed by atoms with Crippen LogP contribution in [-0.2, 0) is 13.1 Å². The third-order valence-corrected chi connectivity index (χ3v) is 4.23. The van der Waals surface area contributed by atoms with Gasteiger partial charge in [-0.2, -0.15) is 0 Å². The van der Waals surface area contributed by atoms with E-state index >= 15 is 0 Å². The molecule has 0 amide bonds. The van der Waals surface area contributed by atoms with Crippen molar-refractivity contribution in [1.29, 1.82) is 0 Å². The van der Waals surface area contributed by atoms with Crippen LogP contribution < -0.4 is 5.32 Å². The highest BCUT2D eigenvalue weighted by Gasteiger charge is 2.22. The summed E-state index contributed by atoms with van der Waals surface area (Å²) in [6, 6.07) is 9.30. The number of aromatic nitrogens is 2. The molecule has 0 saturated heterocycles. The summed E-state index contributed by atoms with van der Waals surface area (Å²) in [6.07, 6.45) is 7.44. The molecule has 4 nitrogen and oxygen atoms in total. The van der Waals surface area contributed by atoms with E-state index in [2.05, 4.69) is 27.0 Å². The Morgan fingerprint density at radius 1 is 1.14 bits per heavy atom. The first-order valence-corrected chi connectivity index (χ1v) is 7.79. The van der Waals surface area contributed by atoms with Crippen LogP contribution in [0.4, 0.5) is 0 Å². The number of fused-ring (bicyclic) bond motifs is 1. The fourth-order valence-electron chi connectivity index (χ4n) is 2.92. The van der Waals surface area contributed by atoms with Crippen LogP contribution in [0.3, 0.4) is 0 Å². The van der Waals surface area contributed by atoms with Gasteiger partial charge in [0.1, 0.15) is 0 Å². The van der Waals surface area contributed by atoms with E-state index in [1.165, 1.54) is 24.2 Å². The van der Waals surface area contributed by atoms with Crippen molar-refractivity contribution in [2.24, 2.45) is 4.99 Å². The zero-order valence-electron chi connectivity index (χ0n) is 12.1. The molecule has 4 rings (SSSR count). The first-order valence-electron chi connectivity index (χ1n) is 7.79. The molecule has 1 fully saturated rings. The molecule has 0 atom stereocenters. The summed E-state index contributed by atoms with van der Waals surface area (Å²) in [6.45, 7) is 2.92. The Morgan fingerprint density at radius 3 is 2.81 bits per heavy atom. The second kappa shape index (κ2) is 5.45. The highest BCUT2D eigenvalue weighted by Crippen LogP contribution is 2.22. The minimum absolute atomic E-state index is 0.746. The molecule has 0 spiro atoms. The SMILES string of the molecule is c1cc(C2=NCCCn3c(CNC4CC4)ccc32)ccn1. The van der Waals surface area contributed by atoms with E-state index in [0.29, 0.717) is 0 Å². The number of aliphatic imine (C=N–C) groups is 1. The predicted molar refractivity (Wildman–Crippen MR) is 83.7 cm³/mol. The molecule has 2 aromatic rings. The van der Waals surface area contributed by atoms with Crippen molar-refractivity contribution in [3.63, 3.8) is 0 Å². The molecule has 4 heteroatoms. The van der Waals surface area contributed by atoms with Crippen molar-refractivity contribution in [3.05, 3.63) is 53.6 Å². The maximum atomic E-state index is 4.80. The Hall–Kier alpha value is -1.94. The second-order valence-corrected chi connectivity index (χ2v) is 5.84. The monoisotopic (exact) mass is 280 g/mol. The molecule has 0 aromatic carbocycles. The Balaban J connectivity index is 1.67. The molecule has 1 aliphatic carbocycles.